The van der Waals surface area contributed by atoms with E-state index in [1.165, 1.54) is 4.68 Å². The van der Waals surface area contributed by atoms with E-state index < -0.39 is 0 Å². The molecule has 0 saturated heterocycles. The number of aromatic nitrogens is 2. The van der Waals surface area contributed by atoms with Crippen LogP contribution in [0.25, 0.3) is 0 Å². The molecule has 0 amide bonds. The van der Waals surface area contributed by atoms with Crippen molar-refractivity contribution in [2.45, 2.75) is 45.7 Å². The van der Waals surface area contributed by atoms with Crippen molar-refractivity contribution in [3.63, 3.8) is 0 Å². The highest BCUT2D eigenvalue weighted by Gasteiger charge is 2.01. The van der Waals surface area contributed by atoms with Crippen LogP contribution in [0.15, 0.2) is 17.1 Å². The van der Waals surface area contributed by atoms with Gasteiger partial charge >= 0.3 is 0 Å². The smallest absolute Gasteiger partial charge is 0.268 e. The van der Waals surface area contributed by atoms with Crippen LogP contribution < -0.4 is 10.9 Å². The molecule has 1 aromatic rings. The first-order valence-electron chi connectivity index (χ1n) is 6.08. The van der Waals surface area contributed by atoms with Gasteiger partial charge in [-0.2, -0.15) is 5.10 Å². The number of hydrogen-bond acceptors (Lipinski definition) is 4. The molecular weight excluding hydrogens is 218 g/mol. The largest absolute Gasteiger partial charge is 0.396 e. The first kappa shape index (κ1) is 13.7. The lowest BCUT2D eigenvalue weighted by Gasteiger charge is -2.10. The van der Waals surface area contributed by atoms with Gasteiger partial charge in [-0.15, -0.1) is 0 Å². The third kappa shape index (κ3) is 4.99. The summed E-state index contributed by atoms with van der Waals surface area (Å²) < 4.78 is 1.46. The second kappa shape index (κ2) is 7.06. The molecule has 5 nitrogen and oxygen atoms in total. The fraction of sp³-hybridized carbons (Fsp3) is 0.667. The number of aliphatic hydroxyl groups excluding tert-OH is 1. The molecular formula is C12H21N3O2. The van der Waals surface area contributed by atoms with E-state index in [2.05, 4.69) is 10.4 Å². The molecule has 0 unspecified atom stereocenters. The predicted molar refractivity (Wildman–Crippen MR) is 68.2 cm³/mol. The van der Waals surface area contributed by atoms with Crippen LogP contribution >= 0.6 is 0 Å². The summed E-state index contributed by atoms with van der Waals surface area (Å²) in [7, 11) is 0. The number of rotatable bonds is 7. The number of unbranched alkanes of at least 4 members (excludes halogenated alkanes) is 2. The molecule has 0 fully saturated rings. The van der Waals surface area contributed by atoms with Crippen LogP contribution in [0.1, 0.15) is 33.1 Å². The molecule has 0 bridgehead atoms. The summed E-state index contributed by atoms with van der Waals surface area (Å²) in [6.45, 7) is 4.85. The van der Waals surface area contributed by atoms with Gasteiger partial charge < -0.3 is 10.4 Å². The maximum absolute atomic E-state index is 11.7. The summed E-state index contributed by atoms with van der Waals surface area (Å²) in [5.41, 5.74) is 0.677. The standard InChI is InChI=1S/C12H21N3O2/c1-10(2)14-11-8-12(17)15(13-9-11)6-4-3-5-7-16/h8-10,14,16H,3-7H2,1-2H3. The molecule has 1 rings (SSSR count). The zero-order valence-electron chi connectivity index (χ0n) is 10.5. The summed E-state index contributed by atoms with van der Waals surface area (Å²) in [5.74, 6) is 0. The van der Waals surface area contributed by atoms with Gasteiger partial charge in [-0.25, -0.2) is 4.68 Å². The van der Waals surface area contributed by atoms with Crippen molar-refractivity contribution in [3.8, 4) is 0 Å². The fourth-order valence-corrected chi connectivity index (χ4v) is 1.56. The maximum atomic E-state index is 11.7. The van der Waals surface area contributed by atoms with Gasteiger partial charge in [0.05, 0.1) is 11.9 Å². The van der Waals surface area contributed by atoms with E-state index in [4.69, 9.17) is 5.11 Å². The summed E-state index contributed by atoms with van der Waals surface area (Å²) >= 11 is 0. The van der Waals surface area contributed by atoms with Crippen molar-refractivity contribution in [3.05, 3.63) is 22.6 Å². The van der Waals surface area contributed by atoms with E-state index in [1.807, 2.05) is 13.8 Å². The minimum Gasteiger partial charge on any atom is -0.396 e. The average Bonchev–Trinajstić information content (AvgIpc) is 2.26. The van der Waals surface area contributed by atoms with Crippen LogP contribution in [0.3, 0.4) is 0 Å². The van der Waals surface area contributed by atoms with Crippen LogP contribution in [-0.2, 0) is 6.54 Å². The van der Waals surface area contributed by atoms with Gasteiger partial charge in [0.25, 0.3) is 5.56 Å². The van der Waals surface area contributed by atoms with Crippen molar-refractivity contribution in [2.24, 2.45) is 0 Å². The molecule has 2 N–H and O–H groups in total. The maximum Gasteiger partial charge on any atom is 0.268 e. The van der Waals surface area contributed by atoms with E-state index >= 15 is 0 Å². The third-order valence-corrected chi connectivity index (χ3v) is 2.35. The Balaban J connectivity index is 2.54. The van der Waals surface area contributed by atoms with Gasteiger partial charge in [-0.3, -0.25) is 4.79 Å². The Morgan fingerprint density at radius 3 is 2.76 bits per heavy atom. The zero-order chi connectivity index (χ0) is 12.7. The highest BCUT2D eigenvalue weighted by Crippen LogP contribution is 2.02. The van der Waals surface area contributed by atoms with Gasteiger partial charge in [0.2, 0.25) is 0 Å². The number of nitrogens with zero attached hydrogens (tertiary/aromatic N) is 2. The quantitative estimate of drug-likeness (QED) is 0.702. The SMILES string of the molecule is CC(C)Nc1cnn(CCCCCO)c(=O)c1. The van der Waals surface area contributed by atoms with Crippen molar-refractivity contribution < 1.29 is 5.11 Å². The minimum atomic E-state index is -0.0837. The molecule has 1 heterocycles. The number of nitrogens with one attached hydrogen (secondary N) is 1. The minimum absolute atomic E-state index is 0.0837. The predicted octanol–water partition coefficient (Wildman–Crippen LogP) is 1.23. The summed E-state index contributed by atoms with van der Waals surface area (Å²) in [6, 6.07) is 1.86. The summed E-state index contributed by atoms with van der Waals surface area (Å²) in [6.07, 6.45) is 4.23. The van der Waals surface area contributed by atoms with Gasteiger partial charge in [0.15, 0.2) is 0 Å². The molecule has 96 valence electrons. The summed E-state index contributed by atoms with van der Waals surface area (Å²) in [4.78, 5) is 11.7. The molecule has 0 aliphatic heterocycles. The molecule has 0 aliphatic rings. The lowest BCUT2D eigenvalue weighted by molar-refractivity contribution is 0.281. The second-order valence-corrected chi connectivity index (χ2v) is 4.39. The Kier molecular flexibility index (Phi) is 5.69. The summed E-state index contributed by atoms with van der Waals surface area (Å²) in [5, 5.41) is 15.9. The van der Waals surface area contributed by atoms with E-state index in [1.54, 1.807) is 12.3 Å². The molecule has 17 heavy (non-hydrogen) atoms. The van der Waals surface area contributed by atoms with E-state index in [9.17, 15) is 4.79 Å². The molecule has 0 aliphatic carbocycles. The Bertz CT molecular complexity index is 388. The Hall–Kier alpha value is -1.36. The van der Waals surface area contributed by atoms with Crippen molar-refractivity contribution in [2.75, 3.05) is 11.9 Å². The highest BCUT2D eigenvalue weighted by molar-refractivity contribution is 5.39. The Morgan fingerprint density at radius 2 is 2.18 bits per heavy atom. The number of aliphatic hydroxyl groups is 1. The molecule has 5 heteroatoms. The third-order valence-electron chi connectivity index (χ3n) is 2.35. The molecule has 0 radical (unpaired) electrons. The van der Waals surface area contributed by atoms with Crippen molar-refractivity contribution >= 4 is 5.69 Å². The van der Waals surface area contributed by atoms with E-state index in [0.29, 0.717) is 6.54 Å². The molecule has 0 atom stereocenters. The van der Waals surface area contributed by atoms with Crippen molar-refractivity contribution in [1.29, 1.82) is 0 Å². The normalized spacial score (nSPS) is 10.8. The van der Waals surface area contributed by atoms with Gasteiger partial charge in [0.1, 0.15) is 0 Å². The average molecular weight is 239 g/mol. The number of hydrogen-bond donors (Lipinski definition) is 2. The number of aryl methyl sites for hydroxylation is 1. The topological polar surface area (TPSA) is 67.2 Å². The van der Waals surface area contributed by atoms with Gasteiger partial charge in [-0.05, 0) is 33.1 Å². The zero-order valence-corrected chi connectivity index (χ0v) is 10.5. The fourth-order valence-electron chi connectivity index (χ4n) is 1.56. The van der Waals surface area contributed by atoms with Crippen LogP contribution in [0.4, 0.5) is 5.69 Å². The molecule has 0 spiro atoms. The molecule has 1 aromatic heterocycles. The van der Waals surface area contributed by atoms with E-state index in [0.717, 1.165) is 24.9 Å². The van der Waals surface area contributed by atoms with Crippen LogP contribution in [0.2, 0.25) is 0 Å². The number of anilines is 1. The van der Waals surface area contributed by atoms with Crippen LogP contribution in [-0.4, -0.2) is 27.5 Å². The second-order valence-electron chi connectivity index (χ2n) is 4.39. The van der Waals surface area contributed by atoms with Crippen LogP contribution in [0.5, 0.6) is 0 Å². The highest BCUT2D eigenvalue weighted by atomic mass is 16.2. The lowest BCUT2D eigenvalue weighted by Crippen LogP contribution is -2.23. The first-order valence-corrected chi connectivity index (χ1v) is 6.08. The molecule has 0 saturated carbocycles. The monoisotopic (exact) mass is 239 g/mol. The lowest BCUT2D eigenvalue weighted by atomic mass is 10.2. The van der Waals surface area contributed by atoms with Crippen LogP contribution in [0, 0.1) is 0 Å². The molecule has 0 aromatic carbocycles. The van der Waals surface area contributed by atoms with E-state index in [-0.39, 0.29) is 18.2 Å². The van der Waals surface area contributed by atoms with Gasteiger partial charge in [-0.1, -0.05) is 0 Å². The Morgan fingerprint density at radius 1 is 1.41 bits per heavy atom. The van der Waals surface area contributed by atoms with Crippen molar-refractivity contribution in [1.82, 2.24) is 9.78 Å². The Labute approximate surface area is 101 Å². The first-order chi connectivity index (χ1) is 8.13. The van der Waals surface area contributed by atoms with Gasteiger partial charge in [0, 0.05) is 25.3 Å².